The van der Waals surface area contributed by atoms with Crippen LogP contribution in [0.3, 0.4) is 0 Å². The first-order chi connectivity index (χ1) is 8.60. The fraction of sp³-hybridized carbons (Fsp3) is 0.154. The summed E-state index contributed by atoms with van der Waals surface area (Å²) < 4.78 is 1.49. The monoisotopic (exact) mass is 259 g/mol. The molecule has 0 bridgehead atoms. The highest BCUT2D eigenvalue weighted by Crippen LogP contribution is 2.18. The summed E-state index contributed by atoms with van der Waals surface area (Å²) in [5.74, 6) is 0. The molecule has 90 valence electrons. The van der Waals surface area contributed by atoms with Gasteiger partial charge in [-0.3, -0.25) is 4.57 Å². The number of aryl methyl sites for hydroxylation is 1. The van der Waals surface area contributed by atoms with Crippen LogP contribution in [0.25, 0.3) is 0 Å². The zero-order valence-electron chi connectivity index (χ0n) is 9.72. The highest BCUT2D eigenvalue weighted by atomic mass is 35.5. The number of rotatable bonds is 2. The van der Waals surface area contributed by atoms with Crippen molar-refractivity contribution in [1.29, 1.82) is 5.26 Å². The molecule has 0 saturated carbocycles. The van der Waals surface area contributed by atoms with Crippen molar-refractivity contribution in [2.45, 2.75) is 13.5 Å². The second kappa shape index (κ2) is 5.03. The molecule has 0 aliphatic heterocycles. The van der Waals surface area contributed by atoms with Crippen molar-refractivity contribution in [3.05, 3.63) is 62.8 Å². The molecule has 0 unspecified atom stereocenters. The van der Waals surface area contributed by atoms with Gasteiger partial charge in [-0.05, 0) is 30.2 Å². The van der Waals surface area contributed by atoms with E-state index in [9.17, 15) is 4.79 Å². The molecule has 1 aromatic carbocycles. The molecule has 4 nitrogen and oxygen atoms in total. The quantitative estimate of drug-likeness (QED) is 0.830. The topological polar surface area (TPSA) is 58.7 Å². The van der Waals surface area contributed by atoms with E-state index < -0.39 is 0 Å². The standard InChI is InChI=1S/C13H10ClN3O/c1-9-6-16-13(18)17(7-9)8-11-3-2-10(5-15)4-12(11)14/h2-4,6-7H,8H2,1H3. The van der Waals surface area contributed by atoms with E-state index in [1.807, 2.05) is 13.0 Å². The normalized spacial score (nSPS) is 10.1. The van der Waals surface area contributed by atoms with Crippen molar-refractivity contribution in [3.63, 3.8) is 0 Å². The number of hydrogen-bond acceptors (Lipinski definition) is 3. The highest BCUT2D eigenvalue weighted by Gasteiger charge is 2.04. The van der Waals surface area contributed by atoms with Gasteiger partial charge in [0.2, 0.25) is 0 Å². The lowest BCUT2D eigenvalue weighted by Crippen LogP contribution is -2.23. The molecule has 0 saturated heterocycles. The molecule has 1 aromatic heterocycles. The molecule has 5 heteroatoms. The molecule has 0 atom stereocenters. The number of aromatic nitrogens is 2. The average Bonchev–Trinajstić information content (AvgIpc) is 2.36. The minimum Gasteiger partial charge on any atom is -0.294 e. The van der Waals surface area contributed by atoms with Crippen molar-refractivity contribution in [2.75, 3.05) is 0 Å². The Kier molecular flexibility index (Phi) is 3.45. The van der Waals surface area contributed by atoms with Gasteiger partial charge in [-0.1, -0.05) is 17.7 Å². The minimum atomic E-state index is -0.318. The Balaban J connectivity index is 2.38. The predicted octanol–water partition coefficient (Wildman–Crippen LogP) is 2.13. The van der Waals surface area contributed by atoms with Crippen LogP contribution in [0.15, 0.2) is 35.4 Å². The fourth-order valence-electron chi connectivity index (χ4n) is 1.61. The average molecular weight is 260 g/mol. The number of hydrogen-bond donors (Lipinski definition) is 0. The van der Waals surface area contributed by atoms with Crippen LogP contribution in [0.5, 0.6) is 0 Å². The Morgan fingerprint density at radius 1 is 1.50 bits per heavy atom. The Labute approximate surface area is 109 Å². The van der Waals surface area contributed by atoms with Crippen molar-refractivity contribution < 1.29 is 0 Å². The second-order valence-corrected chi connectivity index (χ2v) is 4.37. The van der Waals surface area contributed by atoms with Gasteiger partial charge in [-0.25, -0.2) is 9.78 Å². The van der Waals surface area contributed by atoms with E-state index in [-0.39, 0.29) is 5.69 Å². The third-order valence-electron chi connectivity index (χ3n) is 2.51. The second-order valence-electron chi connectivity index (χ2n) is 3.96. The van der Waals surface area contributed by atoms with Gasteiger partial charge in [-0.15, -0.1) is 0 Å². The Morgan fingerprint density at radius 2 is 2.28 bits per heavy atom. The molecular formula is C13H10ClN3O. The molecule has 2 rings (SSSR count). The minimum absolute atomic E-state index is 0.318. The summed E-state index contributed by atoms with van der Waals surface area (Å²) in [6.07, 6.45) is 3.25. The molecule has 0 spiro atoms. The van der Waals surface area contributed by atoms with Crippen LogP contribution >= 0.6 is 11.6 Å². The molecule has 1 heterocycles. The summed E-state index contributed by atoms with van der Waals surface area (Å²) in [6.45, 7) is 2.21. The van der Waals surface area contributed by atoms with Gasteiger partial charge in [-0.2, -0.15) is 5.26 Å². The van der Waals surface area contributed by atoms with Crippen molar-refractivity contribution >= 4 is 11.6 Å². The lowest BCUT2D eigenvalue weighted by Gasteiger charge is -2.07. The lowest BCUT2D eigenvalue weighted by atomic mass is 10.1. The van der Waals surface area contributed by atoms with Crippen LogP contribution in [0, 0.1) is 18.3 Å². The maximum Gasteiger partial charge on any atom is 0.347 e. The van der Waals surface area contributed by atoms with E-state index in [2.05, 4.69) is 4.98 Å². The van der Waals surface area contributed by atoms with Crippen molar-refractivity contribution in [3.8, 4) is 6.07 Å². The first-order valence-electron chi connectivity index (χ1n) is 5.32. The van der Waals surface area contributed by atoms with Gasteiger partial charge < -0.3 is 0 Å². The number of halogens is 1. The Hall–Kier alpha value is -2.12. The smallest absolute Gasteiger partial charge is 0.294 e. The zero-order valence-corrected chi connectivity index (χ0v) is 10.5. The highest BCUT2D eigenvalue weighted by molar-refractivity contribution is 6.31. The molecule has 0 aliphatic rings. The molecule has 0 amide bonds. The van der Waals surface area contributed by atoms with E-state index in [0.29, 0.717) is 17.1 Å². The van der Waals surface area contributed by atoms with Crippen LogP contribution < -0.4 is 5.69 Å². The van der Waals surface area contributed by atoms with Gasteiger partial charge in [0.15, 0.2) is 0 Å². The number of nitriles is 1. The summed E-state index contributed by atoms with van der Waals surface area (Å²) >= 11 is 6.06. The van der Waals surface area contributed by atoms with Crippen LogP contribution in [-0.4, -0.2) is 9.55 Å². The van der Waals surface area contributed by atoms with E-state index in [4.69, 9.17) is 16.9 Å². The van der Waals surface area contributed by atoms with Gasteiger partial charge in [0.25, 0.3) is 0 Å². The summed E-state index contributed by atoms with van der Waals surface area (Å²) in [6, 6.07) is 7.02. The summed E-state index contributed by atoms with van der Waals surface area (Å²) in [4.78, 5) is 15.3. The van der Waals surface area contributed by atoms with E-state index in [0.717, 1.165) is 11.1 Å². The zero-order chi connectivity index (χ0) is 13.1. The summed E-state index contributed by atoms with van der Waals surface area (Å²) in [7, 11) is 0. The number of nitrogens with zero attached hydrogens (tertiary/aromatic N) is 3. The SMILES string of the molecule is Cc1cnc(=O)n(Cc2ccc(C#N)cc2Cl)c1. The van der Waals surface area contributed by atoms with Gasteiger partial charge in [0.1, 0.15) is 0 Å². The first-order valence-corrected chi connectivity index (χ1v) is 5.69. The molecule has 0 N–H and O–H groups in total. The van der Waals surface area contributed by atoms with Crippen LogP contribution in [0.1, 0.15) is 16.7 Å². The van der Waals surface area contributed by atoms with Crippen molar-refractivity contribution in [2.24, 2.45) is 0 Å². The predicted molar refractivity (Wildman–Crippen MR) is 68.5 cm³/mol. The van der Waals surface area contributed by atoms with E-state index in [1.165, 1.54) is 10.8 Å². The molecule has 0 aliphatic carbocycles. The summed E-state index contributed by atoms with van der Waals surface area (Å²) in [5.41, 5.74) is 1.86. The van der Waals surface area contributed by atoms with Crippen LogP contribution in [-0.2, 0) is 6.54 Å². The maximum absolute atomic E-state index is 11.6. The Bertz CT molecular complexity index is 685. The van der Waals surface area contributed by atoms with Crippen LogP contribution in [0.4, 0.5) is 0 Å². The van der Waals surface area contributed by atoms with E-state index in [1.54, 1.807) is 24.4 Å². The maximum atomic E-state index is 11.6. The molecule has 0 fully saturated rings. The van der Waals surface area contributed by atoms with Gasteiger partial charge in [0, 0.05) is 17.4 Å². The third-order valence-corrected chi connectivity index (χ3v) is 2.86. The number of benzene rings is 1. The summed E-state index contributed by atoms with van der Waals surface area (Å²) in [5, 5.41) is 9.22. The molecule has 18 heavy (non-hydrogen) atoms. The Morgan fingerprint density at radius 3 is 2.94 bits per heavy atom. The van der Waals surface area contributed by atoms with Crippen molar-refractivity contribution in [1.82, 2.24) is 9.55 Å². The third kappa shape index (κ3) is 2.58. The van der Waals surface area contributed by atoms with E-state index >= 15 is 0 Å². The largest absolute Gasteiger partial charge is 0.347 e. The first kappa shape index (κ1) is 12.3. The molecular weight excluding hydrogens is 250 g/mol. The molecule has 0 radical (unpaired) electrons. The lowest BCUT2D eigenvalue weighted by molar-refractivity contribution is 0.721. The fourth-order valence-corrected chi connectivity index (χ4v) is 1.85. The van der Waals surface area contributed by atoms with Crippen LogP contribution in [0.2, 0.25) is 5.02 Å². The van der Waals surface area contributed by atoms with Gasteiger partial charge >= 0.3 is 5.69 Å². The molecule has 2 aromatic rings. The van der Waals surface area contributed by atoms with Gasteiger partial charge in [0.05, 0.1) is 18.2 Å².